The lowest BCUT2D eigenvalue weighted by atomic mass is 10.1. The Bertz CT molecular complexity index is 764. The summed E-state index contributed by atoms with van der Waals surface area (Å²) in [5.74, 6) is 0. The second kappa shape index (κ2) is 7.41. The van der Waals surface area contributed by atoms with Crippen molar-refractivity contribution in [2.24, 2.45) is 5.10 Å². The Morgan fingerprint density at radius 1 is 0.783 bits per heavy atom. The summed E-state index contributed by atoms with van der Waals surface area (Å²) in [5, 5.41) is 6.76. The highest BCUT2D eigenvalue weighted by Crippen LogP contribution is 2.17. The number of benzene rings is 3. The third-order valence-electron chi connectivity index (χ3n) is 3.75. The molecule has 2 nitrogen and oxygen atoms in total. The van der Waals surface area contributed by atoms with Crippen LogP contribution >= 0.6 is 0 Å². The van der Waals surface area contributed by atoms with Crippen LogP contribution in [0.4, 0.5) is 5.69 Å². The zero-order chi connectivity index (χ0) is 15.9. The van der Waals surface area contributed by atoms with Gasteiger partial charge in [-0.15, -0.1) is 0 Å². The van der Waals surface area contributed by atoms with Crippen molar-refractivity contribution in [3.63, 3.8) is 0 Å². The molecule has 0 amide bonds. The average Bonchev–Trinajstić information content (AvgIpc) is 2.61. The van der Waals surface area contributed by atoms with Gasteiger partial charge in [0.1, 0.15) is 0 Å². The number of hydrogen-bond donors (Lipinski definition) is 0. The molecule has 0 spiro atoms. The fourth-order valence-corrected chi connectivity index (χ4v) is 2.42. The van der Waals surface area contributed by atoms with Gasteiger partial charge in [0.2, 0.25) is 0 Å². The molecule has 3 aromatic carbocycles. The van der Waals surface area contributed by atoms with Crippen molar-refractivity contribution in [3.05, 3.63) is 102 Å². The van der Waals surface area contributed by atoms with E-state index in [9.17, 15) is 0 Å². The van der Waals surface area contributed by atoms with E-state index in [4.69, 9.17) is 5.10 Å². The summed E-state index contributed by atoms with van der Waals surface area (Å²) in [6, 6.07) is 28.9. The fourth-order valence-electron chi connectivity index (χ4n) is 2.42. The molecule has 3 aromatic rings. The van der Waals surface area contributed by atoms with E-state index in [2.05, 4.69) is 55.5 Å². The van der Waals surface area contributed by atoms with Gasteiger partial charge in [-0.25, -0.2) is 0 Å². The molecule has 3 rings (SSSR count). The number of anilines is 1. The first-order chi connectivity index (χ1) is 11.3. The minimum Gasteiger partial charge on any atom is -0.261 e. The molecule has 0 aliphatic rings. The van der Waals surface area contributed by atoms with Crippen molar-refractivity contribution in [3.8, 4) is 0 Å². The predicted molar refractivity (Wildman–Crippen MR) is 97.8 cm³/mol. The van der Waals surface area contributed by atoms with Crippen molar-refractivity contribution in [1.29, 1.82) is 0 Å². The van der Waals surface area contributed by atoms with Gasteiger partial charge in [-0.05, 0) is 35.7 Å². The van der Waals surface area contributed by atoms with Crippen LogP contribution in [0.1, 0.15) is 16.7 Å². The molecule has 0 aromatic heterocycles. The third kappa shape index (κ3) is 4.07. The first-order valence-electron chi connectivity index (χ1n) is 7.79. The van der Waals surface area contributed by atoms with Gasteiger partial charge >= 0.3 is 0 Å². The Morgan fingerprint density at radius 2 is 1.39 bits per heavy atom. The SMILES string of the molecule is Cc1ccccc1C=NN(Cc1ccccc1)c1ccccc1. The van der Waals surface area contributed by atoms with Crippen molar-refractivity contribution in [1.82, 2.24) is 0 Å². The van der Waals surface area contributed by atoms with Crippen molar-refractivity contribution in [2.45, 2.75) is 13.5 Å². The quantitative estimate of drug-likeness (QED) is 0.476. The highest BCUT2D eigenvalue weighted by atomic mass is 15.4. The van der Waals surface area contributed by atoms with Crippen LogP contribution in [-0.2, 0) is 6.54 Å². The van der Waals surface area contributed by atoms with Gasteiger partial charge < -0.3 is 0 Å². The van der Waals surface area contributed by atoms with Gasteiger partial charge in [-0.3, -0.25) is 5.01 Å². The second-order valence-electron chi connectivity index (χ2n) is 5.48. The molecule has 0 N–H and O–H groups in total. The average molecular weight is 300 g/mol. The highest BCUT2D eigenvalue weighted by Gasteiger charge is 2.05. The molecule has 0 bridgehead atoms. The van der Waals surface area contributed by atoms with E-state index < -0.39 is 0 Å². The largest absolute Gasteiger partial charge is 0.261 e. The lowest BCUT2D eigenvalue weighted by molar-refractivity contribution is 0.858. The fraction of sp³-hybridized carbons (Fsp3) is 0.0952. The van der Waals surface area contributed by atoms with Crippen molar-refractivity contribution in [2.75, 3.05) is 5.01 Å². The number of nitrogens with zero attached hydrogens (tertiary/aromatic N) is 2. The van der Waals surface area contributed by atoms with Crippen LogP contribution < -0.4 is 5.01 Å². The molecular weight excluding hydrogens is 280 g/mol. The van der Waals surface area contributed by atoms with E-state index in [-0.39, 0.29) is 0 Å². The molecule has 0 aliphatic carbocycles. The van der Waals surface area contributed by atoms with Gasteiger partial charge in [0, 0.05) is 0 Å². The van der Waals surface area contributed by atoms with Crippen LogP contribution in [0.15, 0.2) is 90.0 Å². The minimum atomic E-state index is 0.743. The van der Waals surface area contributed by atoms with Crippen LogP contribution in [0.2, 0.25) is 0 Å². The van der Waals surface area contributed by atoms with Gasteiger partial charge in [0.05, 0.1) is 18.4 Å². The van der Waals surface area contributed by atoms with Crippen molar-refractivity contribution >= 4 is 11.9 Å². The smallest absolute Gasteiger partial charge is 0.0666 e. The number of hydrazone groups is 1. The molecule has 0 radical (unpaired) electrons. The number of rotatable bonds is 5. The number of aryl methyl sites for hydroxylation is 1. The van der Waals surface area contributed by atoms with E-state index in [0.29, 0.717) is 0 Å². The van der Waals surface area contributed by atoms with Gasteiger partial charge in [-0.1, -0.05) is 72.8 Å². The lowest BCUT2D eigenvalue weighted by Gasteiger charge is -2.19. The standard InChI is InChI=1S/C21H20N2/c1-18-10-8-9-13-20(18)16-22-23(21-14-6-3-7-15-21)17-19-11-4-2-5-12-19/h2-16H,17H2,1H3. The Hall–Kier alpha value is -2.87. The van der Waals surface area contributed by atoms with Crippen LogP contribution in [0.5, 0.6) is 0 Å². The molecule has 0 fully saturated rings. The van der Waals surface area contributed by atoms with Gasteiger partial charge in [-0.2, -0.15) is 5.10 Å². The van der Waals surface area contributed by atoms with Crippen LogP contribution in [0, 0.1) is 6.92 Å². The summed E-state index contributed by atoms with van der Waals surface area (Å²) in [6.07, 6.45) is 1.94. The molecular formula is C21H20N2. The monoisotopic (exact) mass is 300 g/mol. The Morgan fingerprint density at radius 3 is 2.09 bits per heavy atom. The topological polar surface area (TPSA) is 15.6 Å². The minimum absolute atomic E-state index is 0.743. The maximum absolute atomic E-state index is 4.73. The van der Waals surface area contributed by atoms with Gasteiger partial charge in [0.15, 0.2) is 0 Å². The molecule has 0 atom stereocenters. The molecule has 0 unspecified atom stereocenters. The zero-order valence-corrected chi connectivity index (χ0v) is 13.3. The molecule has 0 saturated carbocycles. The number of hydrogen-bond acceptors (Lipinski definition) is 2. The summed E-state index contributed by atoms with van der Waals surface area (Å²) in [4.78, 5) is 0. The zero-order valence-electron chi connectivity index (χ0n) is 13.3. The van der Waals surface area contributed by atoms with E-state index in [0.717, 1.165) is 17.8 Å². The summed E-state index contributed by atoms with van der Waals surface area (Å²) >= 11 is 0. The second-order valence-corrected chi connectivity index (χ2v) is 5.48. The Kier molecular flexibility index (Phi) is 4.85. The molecule has 114 valence electrons. The van der Waals surface area contributed by atoms with E-state index in [1.54, 1.807) is 0 Å². The summed E-state index contributed by atoms with van der Waals surface area (Å²) in [7, 11) is 0. The molecule has 0 aliphatic heterocycles. The first-order valence-corrected chi connectivity index (χ1v) is 7.79. The van der Waals surface area contributed by atoms with Crippen LogP contribution in [0.25, 0.3) is 0 Å². The summed E-state index contributed by atoms with van der Waals surface area (Å²) in [5.41, 5.74) is 4.69. The first kappa shape index (κ1) is 15.0. The van der Waals surface area contributed by atoms with E-state index in [1.165, 1.54) is 11.1 Å². The Labute approximate surface area is 137 Å². The highest BCUT2D eigenvalue weighted by molar-refractivity contribution is 5.82. The molecule has 2 heteroatoms. The maximum Gasteiger partial charge on any atom is 0.0666 e. The lowest BCUT2D eigenvalue weighted by Crippen LogP contribution is -2.16. The summed E-state index contributed by atoms with van der Waals surface area (Å²) in [6.45, 7) is 2.85. The van der Waals surface area contributed by atoms with Crippen LogP contribution in [-0.4, -0.2) is 6.21 Å². The number of para-hydroxylation sites is 1. The normalized spacial score (nSPS) is 10.8. The van der Waals surface area contributed by atoms with E-state index in [1.807, 2.05) is 47.6 Å². The Balaban J connectivity index is 1.88. The molecule has 0 heterocycles. The van der Waals surface area contributed by atoms with Crippen LogP contribution in [0.3, 0.4) is 0 Å². The van der Waals surface area contributed by atoms with Gasteiger partial charge in [0.25, 0.3) is 0 Å². The predicted octanol–water partition coefficient (Wildman–Crippen LogP) is 5.04. The third-order valence-corrected chi connectivity index (χ3v) is 3.75. The van der Waals surface area contributed by atoms with E-state index >= 15 is 0 Å². The van der Waals surface area contributed by atoms with Crippen molar-refractivity contribution < 1.29 is 0 Å². The maximum atomic E-state index is 4.73. The summed E-state index contributed by atoms with van der Waals surface area (Å²) < 4.78 is 0. The molecule has 23 heavy (non-hydrogen) atoms. The molecule has 0 saturated heterocycles.